The van der Waals surface area contributed by atoms with Crippen LogP contribution in [0, 0.1) is 12.7 Å². The van der Waals surface area contributed by atoms with Gasteiger partial charge in [0, 0.05) is 11.3 Å². The molecule has 0 aromatic heterocycles. The number of methoxy groups -OCH3 is 2. The molecule has 22 heavy (non-hydrogen) atoms. The average molecular weight is 309 g/mol. The van der Waals surface area contributed by atoms with Crippen molar-refractivity contribution in [1.82, 2.24) is 0 Å². The summed E-state index contributed by atoms with van der Waals surface area (Å²) in [6.07, 6.45) is 0. The number of carbonyl (C=O) groups excluding carboxylic acids is 2. The zero-order valence-electron chi connectivity index (χ0n) is 12.5. The highest BCUT2D eigenvalue weighted by molar-refractivity contribution is 6.03. The minimum Gasteiger partial charge on any atom is -0.466 e. The van der Waals surface area contributed by atoms with Crippen LogP contribution in [-0.2, 0) is 23.8 Å². The van der Waals surface area contributed by atoms with Crippen LogP contribution in [0.4, 0.5) is 10.1 Å². The summed E-state index contributed by atoms with van der Waals surface area (Å²) in [5, 5.41) is 0. The van der Waals surface area contributed by atoms with Crippen LogP contribution in [0.1, 0.15) is 5.56 Å². The second kappa shape index (κ2) is 6.57. The highest BCUT2D eigenvalue weighted by atomic mass is 19.1. The van der Waals surface area contributed by atoms with Gasteiger partial charge in [-0.25, -0.2) is 14.0 Å². The van der Waals surface area contributed by atoms with E-state index in [1.165, 1.54) is 31.3 Å². The van der Waals surface area contributed by atoms with Gasteiger partial charge in [0.2, 0.25) is 0 Å². The summed E-state index contributed by atoms with van der Waals surface area (Å²) in [7, 11) is 2.41. The number of nitrogens with zero attached hydrogens (tertiary/aromatic N) is 1. The molecular formula is C15H16FNO5. The molecule has 0 unspecified atom stereocenters. The van der Waals surface area contributed by atoms with E-state index in [0.29, 0.717) is 11.3 Å². The molecule has 1 aromatic rings. The van der Waals surface area contributed by atoms with Crippen molar-refractivity contribution in [2.45, 2.75) is 6.92 Å². The van der Waals surface area contributed by atoms with Crippen molar-refractivity contribution in [1.29, 1.82) is 0 Å². The van der Waals surface area contributed by atoms with E-state index in [-0.39, 0.29) is 24.6 Å². The Morgan fingerprint density at radius 3 is 2.55 bits per heavy atom. The first-order chi connectivity index (χ1) is 10.5. The van der Waals surface area contributed by atoms with Gasteiger partial charge in [0.25, 0.3) is 0 Å². The quantitative estimate of drug-likeness (QED) is 0.789. The number of carbonyl (C=O) groups is 2. The molecule has 2 rings (SSSR count). The topological polar surface area (TPSA) is 65.1 Å². The Kier molecular flexibility index (Phi) is 4.77. The average Bonchev–Trinajstić information content (AvgIpc) is 2.55. The molecule has 1 heterocycles. The van der Waals surface area contributed by atoms with Gasteiger partial charge in [-0.05, 0) is 19.1 Å². The Bertz CT molecular complexity index is 641. The van der Waals surface area contributed by atoms with Crippen LogP contribution >= 0.6 is 0 Å². The first-order valence-electron chi connectivity index (χ1n) is 6.51. The molecule has 0 spiro atoms. The minimum absolute atomic E-state index is 0.00474. The van der Waals surface area contributed by atoms with Crippen molar-refractivity contribution >= 4 is 17.6 Å². The molecular weight excluding hydrogens is 293 g/mol. The van der Waals surface area contributed by atoms with E-state index in [1.807, 2.05) is 0 Å². The second-order valence-corrected chi connectivity index (χ2v) is 4.60. The third-order valence-electron chi connectivity index (χ3n) is 3.36. The Morgan fingerprint density at radius 2 is 1.91 bits per heavy atom. The summed E-state index contributed by atoms with van der Waals surface area (Å²) in [5.41, 5.74) is 0.777. The van der Waals surface area contributed by atoms with E-state index in [9.17, 15) is 14.0 Å². The zero-order chi connectivity index (χ0) is 16.3. The van der Waals surface area contributed by atoms with Crippen molar-refractivity contribution in [3.8, 4) is 0 Å². The fourth-order valence-corrected chi connectivity index (χ4v) is 2.22. The van der Waals surface area contributed by atoms with Crippen LogP contribution in [0.3, 0.4) is 0 Å². The number of ether oxygens (including phenoxy) is 3. The Labute approximate surface area is 127 Å². The monoisotopic (exact) mass is 309 g/mol. The van der Waals surface area contributed by atoms with Crippen LogP contribution < -0.4 is 4.90 Å². The molecule has 6 nitrogen and oxygen atoms in total. The first-order valence-corrected chi connectivity index (χ1v) is 6.51. The molecule has 0 radical (unpaired) electrons. The fraction of sp³-hybridized carbons (Fsp3) is 0.333. The molecule has 0 N–H and O–H groups in total. The standard InChI is InChI=1S/C15H16FNO5/c1-9-11(16)5-4-6-12(9)17-8-22-7-10(14(18)20-2)13(17)15(19)21-3/h4-6H,7-8H2,1-3H3. The maximum absolute atomic E-state index is 13.8. The third-order valence-corrected chi connectivity index (χ3v) is 3.36. The molecule has 0 fully saturated rings. The molecule has 1 aliphatic rings. The van der Waals surface area contributed by atoms with Gasteiger partial charge in [0.1, 0.15) is 18.2 Å². The Hall–Kier alpha value is -2.41. The van der Waals surface area contributed by atoms with Gasteiger partial charge in [0.05, 0.1) is 26.4 Å². The maximum Gasteiger partial charge on any atom is 0.355 e. The number of anilines is 1. The number of hydrogen-bond donors (Lipinski definition) is 0. The lowest BCUT2D eigenvalue weighted by molar-refractivity contribution is -0.140. The number of halogens is 1. The smallest absolute Gasteiger partial charge is 0.355 e. The van der Waals surface area contributed by atoms with Gasteiger partial charge in [-0.2, -0.15) is 0 Å². The lowest BCUT2D eigenvalue weighted by Gasteiger charge is -2.32. The Morgan fingerprint density at radius 1 is 1.23 bits per heavy atom. The zero-order valence-corrected chi connectivity index (χ0v) is 12.5. The molecule has 0 amide bonds. The van der Waals surface area contributed by atoms with Gasteiger partial charge in [-0.3, -0.25) is 0 Å². The van der Waals surface area contributed by atoms with E-state index < -0.39 is 17.8 Å². The van der Waals surface area contributed by atoms with Crippen LogP contribution in [0.5, 0.6) is 0 Å². The molecule has 1 aromatic carbocycles. The molecule has 7 heteroatoms. The van der Waals surface area contributed by atoms with Crippen LogP contribution in [0.25, 0.3) is 0 Å². The number of esters is 2. The van der Waals surface area contributed by atoms with E-state index in [1.54, 1.807) is 13.0 Å². The van der Waals surface area contributed by atoms with Crippen LogP contribution in [-0.4, -0.2) is 39.5 Å². The summed E-state index contributed by atoms with van der Waals surface area (Å²) in [6, 6.07) is 4.45. The lowest BCUT2D eigenvalue weighted by atomic mass is 10.1. The van der Waals surface area contributed by atoms with E-state index in [0.717, 1.165) is 0 Å². The predicted octanol–water partition coefficient (Wildman–Crippen LogP) is 1.53. The molecule has 0 saturated heterocycles. The highest BCUT2D eigenvalue weighted by Gasteiger charge is 2.33. The summed E-state index contributed by atoms with van der Waals surface area (Å²) >= 11 is 0. The first kappa shape index (κ1) is 16.0. The summed E-state index contributed by atoms with van der Waals surface area (Å²) < 4.78 is 28.5. The van der Waals surface area contributed by atoms with Crippen molar-refractivity contribution in [3.63, 3.8) is 0 Å². The van der Waals surface area contributed by atoms with Gasteiger partial charge in [-0.15, -0.1) is 0 Å². The molecule has 0 bridgehead atoms. The van der Waals surface area contributed by atoms with Gasteiger partial charge < -0.3 is 19.1 Å². The third kappa shape index (κ3) is 2.80. The predicted molar refractivity (Wildman–Crippen MR) is 75.5 cm³/mol. The van der Waals surface area contributed by atoms with E-state index >= 15 is 0 Å². The van der Waals surface area contributed by atoms with Gasteiger partial charge in [-0.1, -0.05) is 6.07 Å². The normalized spacial score (nSPS) is 14.8. The Balaban J connectivity index is 2.60. The molecule has 1 aliphatic heterocycles. The SMILES string of the molecule is COC(=O)C1=C(C(=O)OC)N(c2cccc(F)c2C)COC1. The summed E-state index contributed by atoms with van der Waals surface area (Å²) in [5.74, 6) is -1.83. The minimum atomic E-state index is -0.715. The molecule has 0 aliphatic carbocycles. The van der Waals surface area contributed by atoms with Crippen molar-refractivity contribution in [3.05, 3.63) is 40.8 Å². The fourth-order valence-electron chi connectivity index (χ4n) is 2.22. The summed E-state index contributed by atoms with van der Waals surface area (Å²) in [6.45, 7) is 1.49. The van der Waals surface area contributed by atoms with E-state index in [4.69, 9.17) is 9.47 Å². The van der Waals surface area contributed by atoms with Crippen LogP contribution in [0.2, 0.25) is 0 Å². The van der Waals surface area contributed by atoms with E-state index in [2.05, 4.69) is 4.74 Å². The molecule has 0 atom stereocenters. The molecule has 0 saturated carbocycles. The molecule has 118 valence electrons. The van der Waals surface area contributed by atoms with Gasteiger partial charge in [0.15, 0.2) is 0 Å². The van der Waals surface area contributed by atoms with Crippen LogP contribution in [0.15, 0.2) is 29.5 Å². The maximum atomic E-state index is 13.8. The summed E-state index contributed by atoms with van der Waals surface area (Å²) in [4.78, 5) is 25.4. The van der Waals surface area contributed by atoms with Crippen molar-refractivity contribution in [2.75, 3.05) is 32.5 Å². The highest BCUT2D eigenvalue weighted by Crippen LogP contribution is 2.30. The van der Waals surface area contributed by atoms with Crippen molar-refractivity contribution < 1.29 is 28.2 Å². The second-order valence-electron chi connectivity index (χ2n) is 4.60. The van der Waals surface area contributed by atoms with Gasteiger partial charge >= 0.3 is 11.9 Å². The number of rotatable bonds is 3. The number of hydrogen-bond acceptors (Lipinski definition) is 6. The largest absolute Gasteiger partial charge is 0.466 e. The lowest BCUT2D eigenvalue weighted by Crippen LogP contribution is -2.39. The number of benzene rings is 1. The van der Waals surface area contributed by atoms with Crippen molar-refractivity contribution in [2.24, 2.45) is 0 Å².